The Morgan fingerprint density at radius 2 is 0.283 bits per heavy atom. The zero-order chi connectivity index (χ0) is 41.8. The zero-order valence-corrected chi connectivity index (χ0v) is 31.5. The standard InChI is InChI=1S/C54H30O6/c55-43-19-1-37(2-20-43)13-31-49-50(32-14-38-3-21-44(56)22-4-38)52(34-16-40-7-25-46(58)26-8-40)54(36-18-42-11-29-48(60)30-12-42)53(35-17-41-9-27-47(59)28-10-41)51(49)33-15-39-5-23-45(57)24-6-39/h1-12,19-30,55-60H. The monoisotopic (exact) mass is 774 g/mol. The maximum Gasteiger partial charge on any atom is 0.115 e. The number of phenols is 6. The first-order valence-corrected chi connectivity index (χ1v) is 18.3. The molecule has 7 aromatic rings. The van der Waals surface area contributed by atoms with E-state index in [2.05, 4.69) is 71.0 Å². The number of hydrogen-bond acceptors (Lipinski definition) is 6. The predicted molar refractivity (Wildman–Crippen MR) is 231 cm³/mol. The van der Waals surface area contributed by atoms with Crippen LogP contribution >= 0.6 is 0 Å². The molecule has 6 nitrogen and oxygen atoms in total. The third kappa shape index (κ3) is 10.1. The maximum atomic E-state index is 10.0. The van der Waals surface area contributed by atoms with Gasteiger partial charge in [-0.15, -0.1) is 0 Å². The van der Waals surface area contributed by atoms with E-state index in [4.69, 9.17) is 0 Å². The molecule has 0 saturated carbocycles. The maximum absolute atomic E-state index is 10.0. The van der Waals surface area contributed by atoms with Crippen molar-refractivity contribution in [3.63, 3.8) is 0 Å². The quantitative estimate of drug-likeness (QED) is 0.0863. The van der Waals surface area contributed by atoms with E-state index < -0.39 is 0 Å². The summed E-state index contributed by atoms with van der Waals surface area (Å²) in [6, 6.07) is 38.6. The highest BCUT2D eigenvalue weighted by Gasteiger charge is 2.20. The van der Waals surface area contributed by atoms with Crippen LogP contribution in [0.4, 0.5) is 0 Å². The molecule has 0 aliphatic rings. The summed E-state index contributed by atoms with van der Waals surface area (Å²) in [4.78, 5) is 0. The molecule has 282 valence electrons. The van der Waals surface area contributed by atoms with Crippen molar-refractivity contribution >= 4 is 0 Å². The first-order chi connectivity index (χ1) is 29.2. The number of phenolic OH excluding ortho intramolecular Hbond substituents is 6. The Morgan fingerprint density at radius 1 is 0.167 bits per heavy atom. The van der Waals surface area contributed by atoms with E-state index in [0.717, 1.165) is 0 Å². The van der Waals surface area contributed by atoms with E-state index in [-0.39, 0.29) is 34.5 Å². The molecule has 6 N–H and O–H groups in total. The van der Waals surface area contributed by atoms with Gasteiger partial charge in [0, 0.05) is 33.4 Å². The van der Waals surface area contributed by atoms with Crippen LogP contribution in [-0.2, 0) is 0 Å². The van der Waals surface area contributed by atoms with Gasteiger partial charge < -0.3 is 30.6 Å². The Labute approximate surface area is 347 Å². The van der Waals surface area contributed by atoms with Crippen LogP contribution in [0.25, 0.3) is 0 Å². The van der Waals surface area contributed by atoms with Crippen molar-refractivity contribution in [2.45, 2.75) is 0 Å². The minimum atomic E-state index is 0.0802. The second-order valence-corrected chi connectivity index (χ2v) is 13.0. The molecule has 0 spiro atoms. The average molecular weight is 775 g/mol. The molecule has 0 unspecified atom stereocenters. The first-order valence-electron chi connectivity index (χ1n) is 18.3. The molecule has 7 aromatic carbocycles. The van der Waals surface area contributed by atoms with Crippen LogP contribution in [0.15, 0.2) is 146 Å². The number of rotatable bonds is 0. The van der Waals surface area contributed by atoms with Gasteiger partial charge in [0.05, 0.1) is 33.4 Å². The third-order valence-corrected chi connectivity index (χ3v) is 8.69. The normalized spacial score (nSPS) is 9.60. The van der Waals surface area contributed by atoms with Gasteiger partial charge in [-0.25, -0.2) is 0 Å². The zero-order valence-electron chi connectivity index (χ0n) is 31.5. The molecule has 0 aliphatic carbocycles. The molecule has 0 amide bonds. The predicted octanol–water partition coefficient (Wildman–Crippen LogP) is 8.32. The van der Waals surface area contributed by atoms with Crippen molar-refractivity contribution < 1.29 is 30.6 Å². The fourth-order valence-corrected chi connectivity index (χ4v) is 5.58. The molecule has 0 aliphatic heterocycles. The number of benzene rings is 7. The lowest BCUT2D eigenvalue weighted by Crippen LogP contribution is -2.05. The van der Waals surface area contributed by atoms with E-state index in [1.54, 1.807) is 72.8 Å². The molecule has 0 heterocycles. The molecule has 7 rings (SSSR count). The van der Waals surface area contributed by atoms with E-state index in [9.17, 15) is 30.6 Å². The van der Waals surface area contributed by atoms with E-state index >= 15 is 0 Å². The van der Waals surface area contributed by atoms with Gasteiger partial charge in [-0.1, -0.05) is 71.0 Å². The molecule has 0 fully saturated rings. The Hall–Kier alpha value is -9.30. The smallest absolute Gasteiger partial charge is 0.115 e. The second-order valence-electron chi connectivity index (χ2n) is 13.0. The summed E-state index contributed by atoms with van der Waals surface area (Å²) in [7, 11) is 0. The van der Waals surface area contributed by atoms with Gasteiger partial charge in [-0.3, -0.25) is 0 Å². The minimum Gasteiger partial charge on any atom is -0.508 e. The van der Waals surface area contributed by atoms with Gasteiger partial charge in [0.2, 0.25) is 0 Å². The molecule has 0 atom stereocenters. The summed E-state index contributed by atoms with van der Waals surface area (Å²) in [5.41, 5.74) is 5.80. The van der Waals surface area contributed by atoms with Crippen LogP contribution in [0.2, 0.25) is 0 Å². The second kappa shape index (κ2) is 18.1. The molecular formula is C54H30O6. The van der Waals surface area contributed by atoms with Crippen molar-refractivity contribution in [2.24, 2.45) is 0 Å². The highest BCUT2D eigenvalue weighted by Crippen LogP contribution is 2.28. The Bertz CT molecular complexity index is 2530. The van der Waals surface area contributed by atoms with Crippen molar-refractivity contribution in [1.29, 1.82) is 0 Å². The number of aromatic hydroxyl groups is 6. The largest absolute Gasteiger partial charge is 0.508 e. The van der Waals surface area contributed by atoms with Gasteiger partial charge in [-0.2, -0.15) is 0 Å². The first kappa shape index (κ1) is 39.0. The van der Waals surface area contributed by atoms with Gasteiger partial charge in [-0.05, 0) is 146 Å². The van der Waals surface area contributed by atoms with Gasteiger partial charge in [0.25, 0.3) is 0 Å². The molecule has 0 aromatic heterocycles. The lowest BCUT2D eigenvalue weighted by atomic mass is 9.86. The molecule has 0 radical (unpaired) electrons. The lowest BCUT2D eigenvalue weighted by molar-refractivity contribution is 0.474. The highest BCUT2D eigenvalue weighted by atomic mass is 16.3. The van der Waals surface area contributed by atoms with E-state index in [1.807, 2.05) is 0 Å². The Kier molecular flexibility index (Phi) is 11.8. The van der Waals surface area contributed by atoms with Crippen LogP contribution in [-0.4, -0.2) is 30.6 Å². The minimum absolute atomic E-state index is 0.0802. The Morgan fingerprint density at radius 3 is 0.400 bits per heavy atom. The van der Waals surface area contributed by atoms with Crippen LogP contribution in [0.1, 0.15) is 66.8 Å². The van der Waals surface area contributed by atoms with Crippen molar-refractivity contribution in [3.05, 3.63) is 212 Å². The molecule has 60 heavy (non-hydrogen) atoms. The molecular weight excluding hydrogens is 745 g/mol. The third-order valence-electron chi connectivity index (χ3n) is 8.69. The van der Waals surface area contributed by atoms with Crippen LogP contribution in [0.3, 0.4) is 0 Å². The van der Waals surface area contributed by atoms with Crippen molar-refractivity contribution in [3.8, 4) is 106 Å². The lowest BCUT2D eigenvalue weighted by Gasteiger charge is -2.13. The fraction of sp³-hybridized carbons (Fsp3) is 0. The summed E-state index contributed by atoms with van der Waals surface area (Å²) in [5.74, 6) is 39.6. The van der Waals surface area contributed by atoms with Crippen molar-refractivity contribution in [1.82, 2.24) is 0 Å². The summed E-state index contributed by atoms with van der Waals surface area (Å²) >= 11 is 0. The van der Waals surface area contributed by atoms with Gasteiger partial charge in [0.15, 0.2) is 0 Å². The molecule has 0 bridgehead atoms. The van der Waals surface area contributed by atoms with Gasteiger partial charge >= 0.3 is 0 Å². The van der Waals surface area contributed by atoms with Crippen molar-refractivity contribution in [2.75, 3.05) is 0 Å². The van der Waals surface area contributed by atoms with Gasteiger partial charge in [0.1, 0.15) is 34.5 Å². The highest BCUT2D eigenvalue weighted by molar-refractivity contribution is 5.78. The summed E-state index contributed by atoms with van der Waals surface area (Å²) in [6.45, 7) is 0. The topological polar surface area (TPSA) is 121 Å². The van der Waals surface area contributed by atoms with Crippen LogP contribution in [0.5, 0.6) is 34.5 Å². The average Bonchev–Trinajstić information content (AvgIpc) is 3.26. The summed E-state index contributed by atoms with van der Waals surface area (Å²) in [6.07, 6.45) is 0. The Balaban J connectivity index is 1.66. The molecule has 0 saturated heterocycles. The number of hydrogen-bond donors (Lipinski definition) is 6. The molecule has 6 heteroatoms. The van der Waals surface area contributed by atoms with E-state index in [1.165, 1.54) is 72.8 Å². The fourth-order valence-electron chi connectivity index (χ4n) is 5.58. The van der Waals surface area contributed by atoms with E-state index in [0.29, 0.717) is 66.8 Å². The van der Waals surface area contributed by atoms with Crippen LogP contribution in [0, 0.1) is 71.0 Å². The summed E-state index contributed by atoms with van der Waals surface area (Å²) < 4.78 is 0. The van der Waals surface area contributed by atoms with Crippen LogP contribution < -0.4 is 0 Å². The summed E-state index contributed by atoms with van der Waals surface area (Å²) in [5, 5.41) is 60.0. The SMILES string of the molecule is Oc1ccc(C#Cc2c(C#Cc3ccc(O)cc3)c(C#Cc3ccc(O)cc3)c(C#Cc3ccc(O)cc3)c(C#Cc3ccc(O)cc3)c2C#Cc2ccc(O)cc2)cc1.